The van der Waals surface area contributed by atoms with Crippen LogP contribution < -0.4 is 0 Å². The molecule has 0 saturated carbocycles. The highest BCUT2D eigenvalue weighted by atomic mass is 32.2. The molecule has 0 bridgehead atoms. The van der Waals surface area contributed by atoms with Crippen molar-refractivity contribution in [2.24, 2.45) is 0 Å². The number of oxazole rings is 1. The fourth-order valence-electron chi connectivity index (χ4n) is 2.51. The zero-order valence-corrected chi connectivity index (χ0v) is 14.0. The Balaban J connectivity index is 1.63. The minimum atomic E-state index is -0.424. The lowest BCUT2D eigenvalue weighted by Gasteiger charge is -2.25. The van der Waals surface area contributed by atoms with Crippen molar-refractivity contribution in [1.82, 2.24) is 9.88 Å². The summed E-state index contributed by atoms with van der Waals surface area (Å²) in [7, 11) is 0. The van der Waals surface area contributed by atoms with Gasteiger partial charge in [0.1, 0.15) is 6.61 Å². The monoisotopic (exact) mass is 332 g/mol. The predicted octanol–water partition coefficient (Wildman–Crippen LogP) is 2.86. The van der Waals surface area contributed by atoms with Crippen molar-refractivity contribution in [1.29, 1.82) is 0 Å². The van der Waals surface area contributed by atoms with E-state index >= 15 is 0 Å². The normalized spacial score (nSPS) is 15.5. The second-order valence-electron chi connectivity index (χ2n) is 5.37. The van der Waals surface area contributed by atoms with Crippen LogP contribution in [0.5, 0.6) is 0 Å². The summed E-state index contributed by atoms with van der Waals surface area (Å²) in [5.74, 6) is 2.81. The van der Waals surface area contributed by atoms with Gasteiger partial charge in [-0.15, -0.1) is 0 Å². The Kier molecular flexibility index (Phi) is 5.35. The van der Waals surface area contributed by atoms with E-state index in [2.05, 4.69) is 9.88 Å². The van der Waals surface area contributed by atoms with E-state index in [-0.39, 0.29) is 5.69 Å². The molecule has 5 nitrogen and oxygen atoms in total. The van der Waals surface area contributed by atoms with Gasteiger partial charge in [-0.1, -0.05) is 30.3 Å². The summed E-state index contributed by atoms with van der Waals surface area (Å²) in [5, 5.41) is 0. The molecule has 0 amide bonds. The van der Waals surface area contributed by atoms with Gasteiger partial charge in [0, 0.05) is 43.6 Å². The Hall–Kier alpha value is -1.79. The number of rotatable bonds is 5. The van der Waals surface area contributed by atoms with Crippen LogP contribution in [0.1, 0.15) is 16.4 Å². The first-order valence-corrected chi connectivity index (χ1v) is 8.89. The third-order valence-corrected chi connectivity index (χ3v) is 4.65. The predicted molar refractivity (Wildman–Crippen MR) is 90.7 cm³/mol. The van der Waals surface area contributed by atoms with Crippen molar-refractivity contribution in [3.63, 3.8) is 0 Å². The molecule has 1 aromatic carbocycles. The van der Waals surface area contributed by atoms with Crippen LogP contribution in [0.2, 0.25) is 0 Å². The van der Waals surface area contributed by atoms with Gasteiger partial charge in [0.05, 0.1) is 0 Å². The molecular weight excluding hydrogens is 312 g/mol. The number of hydrogen-bond donors (Lipinski definition) is 0. The SMILES string of the molecule is Cc1nc(C(=O)OCCN2CCSCC2)c(-c2ccccc2)o1. The third-order valence-electron chi connectivity index (χ3n) is 3.71. The average Bonchev–Trinajstić information content (AvgIpc) is 2.98. The summed E-state index contributed by atoms with van der Waals surface area (Å²) in [5.41, 5.74) is 1.08. The number of ether oxygens (including phenoxy) is 1. The number of aromatic nitrogens is 1. The summed E-state index contributed by atoms with van der Waals surface area (Å²) >= 11 is 1.97. The van der Waals surface area contributed by atoms with Crippen LogP contribution in [0.25, 0.3) is 11.3 Å². The van der Waals surface area contributed by atoms with E-state index < -0.39 is 5.97 Å². The Bertz CT molecular complexity index is 651. The molecule has 3 rings (SSSR count). The van der Waals surface area contributed by atoms with Crippen LogP contribution >= 0.6 is 11.8 Å². The molecule has 0 aliphatic carbocycles. The van der Waals surface area contributed by atoms with Crippen molar-refractivity contribution in [3.8, 4) is 11.3 Å². The van der Waals surface area contributed by atoms with E-state index in [1.165, 1.54) is 0 Å². The second kappa shape index (κ2) is 7.66. The van der Waals surface area contributed by atoms with Crippen LogP contribution in [0.3, 0.4) is 0 Å². The molecule has 1 fully saturated rings. The zero-order chi connectivity index (χ0) is 16.1. The van der Waals surface area contributed by atoms with Gasteiger partial charge in [-0.05, 0) is 0 Å². The van der Waals surface area contributed by atoms with Crippen molar-refractivity contribution >= 4 is 17.7 Å². The van der Waals surface area contributed by atoms with E-state index in [1.54, 1.807) is 6.92 Å². The molecule has 0 atom stereocenters. The van der Waals surface area contributed by atoms with E-state index in [0.717, 1.165) is 36.7 Å². The molecule has 0 radical (unpaired) electrons. The second-order valence-corrected chi connectivity index (χ2v) is 6.59. The number of aryl methyl sites for hydroxylation is 1. The van der Waals surface area contributed by atoms with Crippen LogP contribution in [-0.4, -0.2) is 53.6 Å². The van der Waals surface area contributed by atoms with E-state index in [0.29, 0.717) is 18.3 Å². The fourth-order valence-corrected chi connectivity index (χ4v) is 3.49. The number of carbonyl (C=O) groups is 1. The third kappa shape index (κ3) is 4.14. The Labute approximate surface area is 140 Å². The molecule has 23 heavy (non-hydrogen) atoms. The highest BCUT2D eigenvalue weighted by Gasteiger charge is 2.21. The molecule has 1 saturated heterocycles. The first-order valence-electron chi connectivity index (χ1n) is 7.74. The molecule has 6 heteroatoms. The molecular formula is C17H20N2O3S. The van der Waals surface area contributed by atoms with Crippen LogP contribution in [0.15, 0.2) is 34.7 Å². The first-order chi connectivity index (χ1) is 11.2. The fraction of sp³-hybridized carbons (Fsp3) is 0.412. The minimum absolute atomic E-state index is 0.253. The summed E-state index contributed by atoms with van der Waals surface area (Å²) < 4.78 is 11.0. The molecule has 1 aliphatic rings. The van der Waals surface area contributed by atoms with Gasteiger partial charge in [-0.3, -0.25) is 4.90 Å². The number of benzene rings is 1. The molecule has 1 aliphatic heterocycles. The lowest BCUT2D eigenvalue weighted by Crippen LogP contribution is -2.35. The summed E-state index contributed by atoms with van der Waals surface area (Å²) in [6.07, 6.45) is 0. The maximum Gasteiger partial charge on any atom is 0.361 e. The summed E-state index contributed by atoms with van der Waals surface area (Å²) in [6.45, 7) is 4.99. The van der Waals surface area contributed by atoms with Crippen LogP contribution in [0, 0.1) is 6.92 Å². The van der Waals surface area contributed by atoms with Gasteiger partial charge >= 0.3 is 5.97 Å². The van der Waals surface area contributed by atoms with Gasteiger partial charge < -0.3 is 9.15 Å². The van der Waals surface area contributed by atoms with Crippen LogP contribution in [-0.2, 0) is 4.74 Å². The Morgan fingerprint density at radius 3 is 2.78 bits per heavy atom. The minimum Gasteiger partial charge on any atom is -0.459 e. The Morgan fingerprint density at radius 1 is 1.30 bits per heavy atom. The maximum absolute atomic E-state index is 12.3. The van der Waals surface area contributed by atoms with Gasteiger partial charge in [0.15, 0.2) is 17.3 Å². The summed E-state index contributed by atoms with van der Waals surface area (Å²) in [4.78, 5) is 18.8. The van der Waals surface area contributed by atoms with Crippen LogP contribution in [0.4, 0.5) is 0 Å². The molecule has 0 N–H and O–H groups in total. The van der Waals surface area contributed by atoms with Gasteiger partial charge in [0.2, 0.25) is 0 Å². The summed E-state index contributed by atoms with van der Waals surface area (Å²) in [6, 6.07) is 9.50. The number of esters is 1. The van der Waals surface area contributed by atoms with Gasteiger partial charge in [0.25, 0.3) is 0 Å². The number of hydrogen-bond acceptors (Lipinski definition) is 6. The molecule has 1 aromatic heterocycles. The smallest absolute Gasteiger partial charge is 0.361 e. The first kappa shape index (κ1) is 16.1. The Morgan fingerprint density at radius 2 is 2.04 bits per heavy atom. The van der Waals surface area contributed by atoms with Crippen molar-refractivity contribution in [2.45, 2.75) is 6.92 Å². The van der Waals surface area contributed by atoms with Gasteiger partial charge in [-0.2, -0.15) is 11.8 Å². The van der Waals surface area contributed by atoms with E-state index in [1.807, 2.05) is 42.1 Å². The lowest BCUT2D eigenvalue weighted by atomic mass is 10.1. The van der Waals surface area contributed by atoms with Gasteiger partial charge in [-0.25, -0.2) is 9.78 Å². The number of nitrogens with zero attached hydrogens (tertiary/aromatic N) is 2. The highest BCUT2D eigenvalue weighted by Crippen LogP contribution is 2.25. The quantitative estimate of drug-likeness (QED) is 0.785. The van der Waals surface area contributed by atoms with E-state index in [4.69, 9.17) is 9.15 Å². The molecule has 122 valence electrons. The molecule has 2 heterocycles. The molecule has 0 spiro atoms. The van der Waals surface area contributed by atoms with Crippen molar-refractivity contribution in [3.05, 3.63) is 41.9 Å². The lowest BCUT2D eigenvalue weighted by molar-refractivity contribution is 0.0460. The molecule has 2 aromatic rings. The average molecular weight is 332 g/mol. The zero-order valence-electron chi connectivity index (χ0n) is 13.2. The molecule has 0 unspecified atom stereocenters. The maximum atomic E-state index is 12.3. The van der Waals surface area contributed by atoms with Crippen molar-refractivity contribution < 1.29 is 13.9 Å². The number of thioether (sulfide) groups is 1. The van der Waals surface area contributed by atoms with E-state index in [9.17, 15) is 4.79 Å². The standard InChI is InChI=1S/C17H20N2O3S/c1-13-18-15(16(22-13)14-5-3-2-4-6-14)17(20)21-10-7-19-8-11-23-12-9-19/h2-6H,7-12H2,1H3. The highest BCUT2D eigenvalue weighted by molar-refractivity contribution is 7.99. The topological polar surface area (TPSA) is 55.6 Å². The number of carbonyl (C=O) groups excluding carboxylic acids is 1. The largest absolute Gasteiger partial charge is 0.459 e. The van der Waals surface area contributed by atoms with Crippen molar-refractivity contribution in [2.75, 3.05) is 37.7 Å².